The molecule has 0 atom stereocenters. The minimum absolute atomic E-state index is 0.866. The highest BCUT2D eigenvalue weighted by molar-refractivity contribution is 6.23. The minimum Gasteiger partial charge on any atom is -0.305 e. The Morgan fingerprint density at radius 1 is 0.562 bits per heavy atom. The van der Waals surface area contributed by atoms with E-state index in [1.807, 2.05) is 61.2 Å². The summed E-state index contributed by atoms with van der Waals surface area (Å²) in [7, 11) is 0. The molecule has 0 spiro atoms. The number of nitrogens with zero attached hydrogens (tertiary/aromatic N) is 6. The van der Waals surface area contributed by atoms with Crippen molar-refractivity contribution in [2.75, 3.05) is 0 Å². The molecule has 6 nitrogen and oxygen atoms in total. The van der Waals surface area contributed by atoms with E-state index in [0.29, 0.717) is 0 Å². The molecule has 0 aliphatic rings. The van der Waals surface area contributed by atoms with Gasteiger partial charge in [-0.1, -0.05) is 18.2 Å². The summed E-state index contributed by atoms with van der Waals surface area (Å²) in [6, 6.07) is 22.4. The van der Waals surface area contributed by atoms with Crippen LogP contribution in [0.3, 0.4) is 0 Å². The van der Waals surface area contributed by atoms with Gasteiger partial charge < -0.3 is 4.57 Å². The molecule has 7 rings (SSSR count). The number of rotatable bonds is 2. The molecule has 0 bridgehead atoms. The van der Waals surface area contributed by atoms with Crippen LogP contribution in [0, 0.1) is 0 Å². The molecule has 0 saturated heterocycles. The Labute approximate surface area is 182 Å². The van der Waals surface area contributed by atoms with Gasteiger partial charge in [0.25, 0.3) is 0 Å². The van der Waals surface area contributed by atoms with Crippen LogP contribution in [0.4, 0.5) is 0 Å². The Hall–Kier alpha value is -4.58. The van der Waals surface area contributed by atoms with Crippen molar-refractivity contribution < 1.29 is 0 Å². The maximum Gasteiger partial charge on any atom is 0.149 e. The average Bonchev–Trinajstić information content (AvgIpc) is 3.38. The molecule has 0 N–H and O–H groups in total. The fraction of sp³-hybridized carbons (Fsp3) is 0. The van der Waals surface area contributed by atoms with Gasteiger partial charge in [-0.2, -0.15) is 0 Å². The average molecular weight is 412 g/mol. The molecule has 0 aliphatic carbocycles. The summed E-state index contributed by atoms with van der Waals surface area (Å²) < 4.78 is 4.40. The molecule has 1 aromatic carbocycles. The maximum absolute atomic E-state index is 4.93. The summed E-state index contributed by atoms with van der Waals surface area (Å²) in [5.74, 6) is 0. The number of fused-ring (bicyclic) bond motifs is 7. The lowest BCUT2D eigenvalue weighted by Gasteiger charge is -2.08. The Morgan fingerprint density at radius 2 is 1.28 bits per heavy atom. The summed E-state index contributed by atoms with van der Waals surface area (Å²) in [6.07, 6.45) is 9.26. The second-order valence-electron chi connectivity index (χ2n) is 7.68. The number of aromatic nitrogens is 6. The molecule has 0 amide bonds. The first-order valence-electron chi connectivity index (χ1n) is 10.4. The van der Waals surface area contributed by atoms with Gasteiger partial charge in [-0.05, 0) is 48.5 Å². The van der Waals surface area contributed by atoms with Gasteiger partial charge in [0.05, 0.1) is 39.3 Å². The predicted octanol–water partition coefficient (Wildman–Crippen LogP) is 5.46. The first-order valence-corrected chi connectivity index (χ1v) is 10.4. The zero-order chi connectivity index (χ0) is 21.1. The third-order valence-electron chi connectivity index (χ3n) is 5.93. The minimum atomic E-state index is 0.866. The summed E-state index contributed by atoms with van der Waals surface area (Å²) in [5, 5.41) is 2.00. The van der Waals surface area contributed by atoms with Crippen LogP contribution in [0.5, 0.6) is 0 Å². The van der Waals surface area contributed by atoms with E-state index in [0.717, 1.165) is 55.4 Å². The number of hydrogen-bond acceptors (Lipinski definition) is 4. The van der Waals surface area contributed by atoms with Gasteiger partial charge in [0, 0.05) is 35.9 Å². The molecule has 6 heteroatoms. The quantitative estimate of drug-likeness (QED) is 0.378. The summed E-state index contributed by atoms with van der Waals surface area (Å²) in [6.45, 7) is 0. The fourth-order valence-electron chi connectivity index (χ4n) is 4.67. The van der Waals surface area contributed by atoms with Gasteiger partial charge in [-0.3, -0.25) is 19.5 Å². The standard InChI is InChI=1S/C26H16N6/c1-2-7-17(8-3-1)32-21-11-6-14-29-24(21)22-25-19(16-30-26(22)32)23-20(10-5-13-28-23)31(25)18-9-4-12-27-15-18/h1-16H. The highest BCUT2D eigenvalue weighted by Gasteiger charge is 2.22. The van der Waals surface area contributed by atoms with E-state index in [9.17, 15) is 0 Å². The van der Waals surface area contributed by atoms with Crippen LogP contribution in [0.15, 0.2) is 97.7 Å². The molecular formula is C26H16N6. The normalized spacial score (nSPS) is 11.8. The Morgan fingerprint density at radius 3 is 2.06 bits per heavy atom. The van der Waals surface area contributed by atoms with Crippen LogP contribution in [0.2, 0.25) is 0 Å². The van der Waals surface area contributed by atoms with Crippen molar-refractivity contribution in [1.82, 2.24) is 29.1 Å². The zero-order valence-electron chi connectivity index (χ0n) is 16.9. The molecule has 6 heterocycles. The van der Waals surface area contributed by atoms with E-state index in [4.69, 9.17) is 15.0 Å². The van der Waals surface area contributed by atoms with Gasteiger partial charge in [-0.15, -0.1) is 0 Å². The molecule has 32 heavy (non-hydrogen) atoms. The first kappa shape index (κ1) is 17.1. The molecule has 0 fully saturated rings. The lowest BCUT2D eigenvalue weighted by atomic mass is 10.2. The number of para-hydroxylation sites is 1. The SMILES string of the molecule is c1ccc(-n2c3cccnc3c3c2ncc2c4ncccc4n(-c4cccnc4)c23)cc1. The van der Waals surface area contributed by atoms with Crippen LogP contribution in [-0.4, -0.2) is 29.1 Å². The number of hydrogen-bond donors (Lipinski definition) is 0. The van der Waals surface area contributed by atoms with Crippen LogP contribution in [-0.2, 0) is 0 Å². The van der Waals surface area contributed by atoms with Crippen molar-refractivity contribution >= 4 is 44.0 Å². The van der Waals surface area contributed by atoms with Gasteiger partial charge in [0.2, 0.25) is 0 Å². The van der Waals surface area contributed by atoms with E-state index in [1.165, 1.54) is 0 Å². The summed E-state index contributed by atoms with van der Waals surface area (Å²) >= 11 is 0. The van der Waals surface area contributed by atoms with Crippen molar-refractivity contribution in [3.05, 3.63) is 97.7 Å². The fourth-order valence-corrected chi connectivity index (χ4v) is 4.67. The van der Waals surface area contributed by atoms with E-state index >= 15 is 0 Å². The van der Waals surface area contributed by atoms with Crippen LogP contribution >= 0.6 is 0 Å². The van der Waals surface area contributed by atoms with Crippen molar-refractivity contribution in [1.29, 1.82) is 0 Å². The molecule has 6 aromatic heterocycles. The molecular weight excluding hydrogens is 396 g/mol. The molecule has 0 aliphatic heterocycles. The van der Waals surface area contributed by atoms with Crippen LogP contribution in [0.25, 0.3) is 55.4 Å². The lowest BCUT2D eigenvalue weighted by molar-refractivity contribution is 1.13. The molecule has 0 radical (unpaired) electrons. The topological polar surface area (TPSA) is 61.4 Å². The highest BCUT2D eigenvalue weighted by atomic mass is 15.1. The summed E-state index contributed by atoms with van der Waals surface area (Å²) in [5.41, 5.74) is 7.79. The predicted molar refractivity (Wildman–Crippen MR) is 126 cm³/mol. The van der Waals surface area contributed by atoms with Crippen LogP contribution in [0.1, 0.15) is 0 Å². The van der Waals surface area contributed by atoms with Gasteiger partial charge in [0.15, 0.2) is 0 Å². The smallest absolute Gasteiger partial charge is 0.149 e. The molecule has 7 aromatic rings. The highest BCUT2D eigenvalue weighted by Crippen LogP contribution is 2.39. The number of benzene rings is 1. The van der Waals surface area contributed by atoms with E-state index in [-0.39, 0.29) is 0 Å². The van der Waals surface area contributed by atoms with E-state index < -0.39 is 0 Å². The van der Waals surface area contributed by atoms with Gasteiger partial charge >= 0.3 is 0 Å². The second-order valence-corrected chi connectivity index (χ2v) is 7.68. The molecule has 0 unspecified atom stereocenters. The Bertz CT molecular complexity index is 1760. The largest absolute Gasteiger partial charge is 0.305 e. The van der Waals surface area contributed by atoms with E-state index in [1.54, 1.807) is 6.20 Å². The van der Waals surface area contributed by atoms with Gasteiger partial charge in [-0.25, -0.2) is 4.98 Å². The Kier molecular flexibility index (Phi) is 3.46. The van der Waals surface area contributed by atoms with Crippen molar-refractivity contribution in [3.63, 3.8) is 0 Å². The van der Waals surface area contributed by atoms with E-state index in [2.05, 4.69) is 44.5 Å². The second kappa shape index (κ2) is 6.46. The molecule has 0 saturated carbocycles. The third-order valence-corrected chi connectivity index (χ3v) is 5.93. The summed E-state index contributed by atoms with van der Waals surface area (Å²) in [4.78, 5) is 18.8. The Balaban J connectivity index is 1.77. The van der Waals surface area contributed by atoms with Gasteiger partial charge in [0.1, 0.15) is 11.2 Å². The monoisotopic (exact) mass is 412 g/mol. The first-order chi connectivity index (χ1) is 15.9. The van der Waals surface area contributed by atoms with Crippen molar-refractivity contribution in [2.24, 2.45) is 0 Å². The van der Waals surface area contributed by atoms with Crippen molar-refractivity contribution in [2.45, 2.75) is 0 Å². The van der Waals surface area contributed by atoms with Crippen LogP contribution < -0.4 is 0 Å². The third kappa shape index (κ3) is 2.23. The maximum atomic E-state index is 4.93. The molecule has 150 valence electrons. The lowest BCUT2D eigenvalue weighted by Crippen LogP contribution is -1.97. The van der Waals surface area contributed by atoms with Crippen molar-refractivity contribution in [3.8, 4) is 11.4 Å². The zero-order valence-corrected chi connectivity index (χ0v) is 16.9. The number of pyridine rings is 4.